The quantitative estimate of drug-likeness (QED) is 0.886. The van der Waals surface area contributed by atoms with Gasteiger partial charge in [-0.15, -0.1) is 0 Å². The normalized spacial score (nSPS) is 13.5. The monoisotopic (exact) mass is 289 g/mol. The van der Waals surface area contributed by atoms with Crippen LogP contribution in [0.1, 0.15) is 43.8 Å². The lowest BCUT2D eigenvalue weighted by Gasteiger charge is -2.23. The van der Waals surface area contributed by atoms with Gasteiger partial charge in [0.25, 0.3) is 0 Å². The lowest BCUT2D eigenvalue weighted by Crippen LogP contribution is -2.34. The fourth-order valence-electron chi connectivity index (χ4n) is 2.43. The largest absolute Gasteiger partial charge is 0.309 e. The molecule has 0 aliphatic heterocycles. The second-order valence-corrected chi connectivity index (χ2v) is 6.10. The molecule has 2 aromatic heterocycles. The Kier molecular flexibility index (Phi) is 4.96. The molecule has 2 rings (SSSR count). The Hall–Kier alpha value is -1.46. The Morgan fingerprint density at radius 3 is 2.67 bits per heavy atom. The zero-order chi connectivity index (χ0) is 15.6. The number of hydrogen-bond acceptors (Lipinski definition) is 4. The predicted octanol–water partition coefficient (Wildman–Crippen LogP) is 2.34. The lowest BCUT2D eigenvalue weighted by atomic mass is 10.1. The van der Waals surface area contributed by atoms with Crippen LogP contribution in [0.15, 0.2) is 12.3 Å². The smallest absolute Gasteiger partial charge is 0.155 e. The Morgan fingerprint density at radius 2 is 2.00 bits per heavy atom. The Labute approximate surface area is 127 Å². The first-order chi connectivity index (χ1) is 9.90. The summed E-state index contributed by atoms with van der Waals surface area (Å²) in [6.45, 7) is 12.7. The molecule has 5 heteroatoms. The summed E-state index contributed by atoms with van der Waals surface area (Å²) < 4.78 is 1.93. The van der Waals surface area contributed by atoms with Gasteiger partial charge in [-0.2, -0.15) is 5.10 Å². The van der Waals surface area contributed by atoms with Gasteiger partial charge < -0.3 is 10.2 Å². The van der Waals surface area contributed by atoms with E-state index in [1.165, 1.54) is 5.56 Å². The molecule has 0 saturated carbocycles. The van der Waals surface area contributed by atoms with E-state index in [0.29, 0.717) is 6.04 Å². The van der Waals surface area contributed by atoms with Gasteiger partial charge in [-0.25, -0.2) is 9.50 Å². The number of fused-ring (bicyclic) bond motifs is 1. The van der Waals surface area contributed by atoms with Gasteiger partial charge in [-0.1, -0.05) is 0 Å². The first-order valence-electron chi connectivity index (χ1n) is 7.65. The highest BCUT2D eigenvalue weighted by Gasteiger charge is 2.13. The number of nitrogens with zero attached hydrogens (tertiary/aromatic N) is 4. The molecule has 0 amide bonds. The molecule has 0 aliphatic rings. The molecule has 2 heterocycles. The minimum absolute atomic E-state index is 0.270. The third-order valence-electron chi connectivity index (χ3n) is 4.15. The first-order valence-corrected chi connectivity index (χ1v) is 7.65. The van der Waals surface area contributed by atoms with Gasteiger partial charge in [0, 0.05) is 48.7 Å². The van der Waals surface area contributed by atoms with Crippen LogP contribution in [0.2, 0.25) is 0 Å². The van der Waals surface area contributed by atoms with E-state index in [1.807, 2.05) is 23.7 Å². The molecule has 0 bridgehead atoms. The Balaban J connectivity index is 2.05. The standard InChI is InChI=1S/C16H27N5/c1-11(2)20(6)8-7-17-13(4)15-10-18-16-9-12(3)19-21(16)14(15)5/h9-11,13,17H,7-8H2,1-6H3. The molecule has 0 radical (unpaired) electrons. The summed E-state index contributed by atoms with van der Waals surface area (Å²) in [7, 11) is 2.16. The molecule has 0 saturated heterocycles. The maximum atomic E-state index is 4.51. The molecule has 0 aliphatic carbocycles. The van der Waals surface area contributed by atoms with E-state index in [1.54, 1.807) is 0 Å². The average Bonchev–Trinajstić information content (AvgIpc) is 2.80. The van der Waals surface area contributed by atoms with Crippen molar-refractivity contribution in [1.82, 2.24) is 24.8 Å². The average molecular weight is 289 g/mol. The van der Waals surface area contributed by atoms with Crippen LogP contribution in [-0.4, -0.2) is 45.7 Å². The van der Waals surface area contributed by atoms with Crippen LogP contribution in [0, 0.1) is 13.8 Å². The number of rotatable bonds is 6. The Morgan fingerprint density at radius 1 is 1.29 bits per heavy atom. The minimum atomic E-state index is 0.270. The molecular formula is C16H27N5. The van der Waals surface area contributed by atoms with Gasteiger partial charge in [0.15, 0.2) is 5.65 Å². The van der Waals surface area contributed by atoms with E-state index < -0.39 is 0 Å². The van der Waals surface area contributed by atoms with Crippen LogP contribution in [0.4, 0.5) is 0 Å². The topological polar surface area (TPSA) is 45.5 Å². The van der Waals surface area contributed by atoms with Crippen LogP contribution in [0.5, 0.6) is 0 Å². The van der Waals surface area contributed by atoms with Gasteiger partial charge in [0.2, 0.25) is 0 Å². The van der Waals surface area contributed by atoms with Crippen LogP contribution in [0.3, 0.4) is 0 Å². The highest BCUT2D eigenvalue weighted by atomic mass is 15.3. The zero-order valence-electron chi connectivity index (χ0n) is 14.0. The minimum Gasteiger partial charge on any atom is -0.309 e. The second-order valence-electron chi connectivity index (χ2n) is 6.10. The van der Waals surface area contributed by atoms with E-state index >= 15 is 0 Å². The Bertz CT molecular complexity index is 602. The molecule has 1 N–H and O–H groups in total. The van der Waals surface area contributed by atoms with Crippen molar-refractivity contribution in [2.24, 2.45) is 0 Å². The number of nitrogens with one attached hydrogen (secondary N) is 1. The van der Waals surface area contributed by atoms with E-state index in [-0.39, 0.29) is 6.04 Å². The van der Waals surface area contributed by atoms with Crippen molar-refractivity contribution in [3.05, 3.63) is 29.2 Å². The molecule has 0 fully saturated rings. The van der Waals surface area contributed by atoms with E-state index in [0.717, 1.165) is 30.1 Å². The first kappa shape index (κ1) is 15.9. The molecule has 1 unspecified atom stereocenters. The fourth-order valence-corrected chi connectivity index (χ4v) is 2.43. The van der Waals surface area contributed by atoms with Gasteiger partial charge in [-0.05, 0) is 41.7 Å². The van der Waals surface area contributed by atoms with Gasteiger partial charge in [0.05, 0.1) is 5.69 Å². The SMILES string of the molecule is Cc1cc2ncc(C(C)NCCN(C)C(C)C)c(C)n2n1. The third-order valence-corrected chi connectivity index (χ3v) is 4.15. The molecule has 116 valence electrons. The summed E-state index contributed by atoms with van der Waals surface area (Å²) >= 11 is 0. The van der Waals surface area contributed by atoms with E-state index in [9.17, 15) is 0 Å². The molecule has 5 nitrogen and oxygen atoms in total. The van der Waals surface area contributed by atoms with Gasteiger partial charge in [0.1, 0.15) is 0 Å². The molecule has 0 aromatic carbocycles. The van der Waals surface area contributed by atoms with Crippen molar-refractivity contribution in [2.45, 2.75) is 46.7 Å². The fraction of sp³-hybridized carbons (Fsp3) is 0.625. The molecule has 1 atom stereocenters. The predicted molar refractivity (Wildman–Crippen MR) is 86.6 cm³/mol. The molecular weight excluding hydrogens is 262 g/mol. The van der Waals surface area contributed by atoms with Crippen molar-refractivity contribution >= 4 is 5.65 Å². The van der Waals surface area contributed by atoms with E-state index in [4.69, 9.17) is 0 Å². The van der Waals surface area contributed by atoms with Crippen molar-refractivity contribution in [2.75, 3.05) is 20.1 Å². The highest BCUT2D eigenvalue weighted by Crippen LogP contribution is 2.17. The number of aryl methyl sites for hydroxylation is 2. The number of likely N-dealkylation sites (N-methyl/N-ethyl adjacent to an activating group) is 1. The van der Waals surface area contributed by atoms with Crippen LogP contribution in [0.25, 0.3) is 5.65 Å². The second kappa shape index (κ2) is 6.54. The number of hydrogen-bond donors (Lipinski definition) is 1. The third kappa shape index (κ3) is 3.60. The number of aromatic nitrogens is 3. The van der Waals surface area contributed by atoms with Crippen LogP contribution >= 0.6 is 0 Å². The highest BCUT2D eigenvalue weighted by molar-refractivity contribution is 5.42. The lowest BCUT2D eigenvalue weighted by molar-refractivity contribution is 0.270. The summed E-state index contributed by atoms with van der Waals surface area (Å²) in [6, 6.07) is 2.85. The van der Waals surface area contributed by atoms with Gasteiger partial charge in [-0.3, -0.25) is 0 Å². The van der Waals surface area contributed by atoms with Crippen molar-refractivity contribution in [3.63, 3.8) is 0 Å². The van der Waals surface area contributed by atoms with Crippen LogP contribution in [-0.2, 0) is 0 Å². The molecule has 0 spiro atoms. The maximum absolute atomic E-state index is 4.51. The summed E-state index contributed by atoms with van der Waals surface area (Å²) in [5.41, 5.74) is 4.28. The summed E-state index contributed by atoms with van der Waals surface area (Å²) in [5.74, 6) is 0. The molecule has 2 aromatic rings. The van der Waals surface area contributed by atoms with Gasteiger partial charge >= 0.3 is 0 Å². The summed E-state index contributed by atoms with van der Waals surface area (Å²) in [5, 5.41) is 8.08. The van der Waals surface area contributed by atoms with E-state index in [2.05, 4.69) is 55.0 Å². The van der Waals surface area contributed by atoms with Crippen molar-refractivity contribution in [1.29, 1.82) is 0 Å². The molecule has 21 heavy (non-hydrogen) atoms. The van der Waals surface area contributed by atoms with Crippen molar-refractivity contribution in [3.8, 4) is 0 Å². The summed E-state index contributed by atoms with van der Waals surface area (Å²) in [4.78, 5) is 6.84. The maximum Gasteiger partial charge on any atom is 0.155 e. The van der Waals surface area contributed by atoms with Crippen LogP contribution < -0.4 is 5.32 Å². The zero-order valence-corrected chi connectivity index (χ0v) is 14.0. The summed E-state index contributed by atoms with van der Waals surface area (Å²) in [6.07, 6.45) is 1.97. The van der Waals surface area contributed by atoms with Crippen molar-refractivity contribution < 1.29 is 0 Å².